The van der Waals surface area contributed by atoms with Crippen molar-refractivity contribution >= 4 is 43.6 Å². The molecule has 2 aromatic heterocycles. The predicted octanol–water partition coefficient (Wildman–Crippen LogP) is 13.7. The largest absolute Gasteiger partial charge is 0.309 e. The zero-order valence-electron chi connectivity index (χ0n) is 34.6. The van der Waals surface area contributed by atoms with Crippen LogP contribution in [-0.4, -0.2) is 9.13 Å². The molecule has 0 saturated carbocycles. The van der Waals surface area contributed by atoms with Gasteiger partial charge in [0.25, 0.3) is 0 Å². The van der Waals surface area contributed by atoms with Crippen molar-refractivity contribution in [2.75, 3.05) is 0 Å². The molecule has 256 valence electrons. The third-order valence-electron chi connectivity index (χ3n) is 11.5. The minimum atomic E-state index is -0.401. The summed E-state index contributed by atoms with van der Waals surface area (Å²) in [5, 5.41) is 4.25. The van der Waals surface area contributed by atoms with Crippen LogP contribution in [0.25, 0.3) is 88.4 Å². The van der Waals surface area contributed by atoms with Crippen LogP contribution >= 0.6 is 0 Å². The molecular weight excluding hydrogens is 660 g/mol. The van der Waals surface area contributed by atoms with Gasteiger partial charge in [0.2, 0.25) is 0 Å². The Labute approximate surface area is 320 Å². The van der Waals surface area contributed by atoms with E-state index in [0.29, 0.717) is 5.56 Å². The second kappa shape index (κ2) is 11.4. The summed E-state index contributed by atoms with van der Waals surface area (Å²) in [6.07, 6.45) is 0. The highest BCUT2D eigenvalue weighted by atomic mass is 19.1. The molecule has 1 aliphatic carbocycles. The van der Waals surface area contributed by atoms with Crippen molar-refractivity contribution in [3.05, 3.63) is 193 Å². The average molecular weight is 700 g/mol. The van der Waals surface area contributed by atoms with Gasteiger partial charge in [-0.2, -0.15) is 0 Å². The molecule has 10 aromatic rings. The number of nitrogens with zero attached hydrogens (tertiary/aromatic N) is 2. The molecule has 0 amide bonds. The first-order valence-electron chi connectivity index (χ1n) is 20.7. The van der Waals surface area contributed by atoms with E-state index >= 15 is 0 Å². The Morgan fingerprint density at radius 1 is 0.463 bits per heavy atom. The maximum absolute atomic E-state index is 14.7. The molecule has 0 N–H and O–H groups in total. The summed E-state index contributed by atoms with van der Waals surface area (Å²) in [7, 11) is 0. The van der Waals surface area contributed by atoms with Crippen molar-refractivity contribution in [1.29, 1.82) is 0 Å². The molecule has 0 saturated heterocycles. The first kappa shape index (κ1) is 26.1. The summed E-state index contributed by atoms with van der Waals surface area (Å²) in [6, 6.07) is 47.5. The highest BCUT2D eigenvalue weighted by Gasteiger charge is 2.37. The molecule has 0 unspecified atom stereocenters. The van der Waals surface area contributed by atoms with E-state index in [1.54, 1.807) is 6.07 Å². The van der Waals surface area contributed by atoms with Crippen molar-refractivity contribution < 1.29 is 11.2 Å². The molecular formula is C51H35FN2. The molecule has 2 heterocycles. The minimum Gasteiger partial charge on any atom is -0.309 e. The maximum atomic E-state index is 14.7. The Morgan fingerprint density at radius 3 is 1.89 bits per heavy atom. The fraction of sp³-hybridized carbons (Fsp3) is 0.0588. The van der Waals surface area contributed by atoms with E-state index in [2.05, 4.69) is 108 Å². The lowest BCUT2D eigenvalue weighted by Crippen LogP contribution is -2.15. The van der Waals surface area contributed by atoms with E-state index < -0.39 is 6.04 Å². The Morgan fingerprint density at radius 2 is 1.13 bits per heavy atom. The fourth-order valence-corrected chi connectivity index (χ4v) is 8.98. The Bertz CT molecular complexity index is 3410. The molecule has 3 heteroatoms. The highest BCUT2D eigenvalue weighted by molar-refractivity contribution is 6.13. The number of fused-ring (bicyclic) bond motifs is 9. The van der Waals surface area contributed by atoms with E-state index in [1.165, 1.54) is 6.07 Å². The molecule has 0 radical (unpaired) electrons. The van der Waals surface area contributed by atoms with Crippen molar-refractivity contribution in [3.8, 4) is 44.8 Å². The molecule has 54 heavy (non-hydrogen) atoms. The van der Waals surface area contributed by atoms with Gasteiger partial charge in [-0.15, -0.1) is 0 Å². The van der Waals surface area contributed by atoms with Crippen LogP contribution in [0.5, 0.6) is 0 Å². The van der Waals surface area contributed by atoms with Crippen molar-refractivity contribution in [2.45, 2.75) is 19.3 Å². The number of hydrogen-bond acceptors (Lipinski definition) is 0. The monoisotopic (exact) mass is 699 g/mol. The van der Waals surface area contributed by atoms with Crippen LogP contribution in [0, 0.1) is 5.82 Å². The van der Waals surface area contributed by atoms with E-state index in [9.17, 15) is 4.39 Å². The summed E-state index contributed by atoms with van der Waals surface area (Å²) in [4.78, 5) is 0. The Balaban J connectivity index is 1.09. The minimum absolute atomic E-state index is 0.208. The molecule has 0 bridgehead atoms. The Hall–Kier alpha value is -6.71. The number of aromatic nitrogens is 2. The normalized spacial score (nSPS) is 14.5. The molecule has 0 aliphatic heterocycles. The van der Waals surface area contributed by atoms with Crippen LogP contribution in [0.2, 0.25) is 0 Å². The lowest BCUT2D eigenvalue weighted by atomic mass is 9.82. The molecule has 0 fully saturated rings. The third kappa shape index (κ3) is 4.39. The number of hydrogen-bond donors (Lipinski definition) is 0. The molecule has 2 nitrogen and oxygen atoms in total. The first-order chi connectivity index (χ1) is 28.5. The van der Waals surface area contributed by atoms with Gasteiger partial charge in [0.15, 0.2) is 0 Å². The van der Waals surface area contributed by atoms with Gasteiger partial charge in [-0.1, -0.05) is 117 Å². The average Bonchev–Trinajstić information content (AvgIpc) is 3.84. The first-order valence-corrected chi connectivity index (χ1v) is 18.2. The van der Waals surface area contributed by atoms with Crippen LogP contribution in [0.4, 0.5) is 4.39 Å². The van der Waals surface area contributed by atoms with E-state index in [-0.39, 0.29) is 41.0 Å². The lowest BCUT2D eigenvalue weighted by Gasteiger charge is -2.22. The van der Waals surface area contributed by atoms with Crippen LogP contribution in [0.15, 0.2) is 176 Å². The van der Waals surface area contributed by atoms with Gasteiger partial charge >= 0.3 is 0 Å². The second-order valence-electron chi connectivity index (χ2n) is 14.7. The van der Waals surface area contributed by atoms with Crippen LogP contribution < -0.4 is 0 Å². The van der Waals surface area contributed by atoms with E-state index in [0.717, 1.165) is 88.4 Å². The third-order valence-corrected chi connectivity index (χ3v) is 11.5. The summed E-state index contributed by atoms with van der Waals surface area (Å²) in [5.41, 5.74) is 12.5. The van der Waals surface area contributed by atoms with E-state index in [1.807, 2.05) is 48.5 Å². The topological polar surface area (TPSA) is 9.86 Å². The van der Waals surface area contributed by atoms with E-state index in [4.69, 9.17) is 6.85 Å². The smallest absolute Gasteiger partial charge is 0.125 e. The molecule has 11 rings (SSSR count). The Kier molecular flexibility index (Phi) is 5.51. The summed E-state index contributed by atoms with van der Waals surface area (Å²) >= 11 is 0. The van der Waals surface area contributed by atoms with Crippen molar-refractivity contribution in [1.82, 2.24) is 9.13 Å². The maximum Gasteiger partial charge on any atom is 0.125 e. The standard InChI is InChI=1S/C51H35FN2/c1-51(2)44-25-23-37(31-43(44)50-38(17-11-18-45(50)51)32-12-5-3-6-13-32)54-46-19-10-9-16-39(46)41-28-33(21-27-48(41)54)34-20-26-47-42(29-34)40-24-22-35(52)30-49(40)53(47)36-14-7-4-8-15-36/h3-31H,1-2H3/i3D,5D,6D,12D,13D. The van der Waals surface area contributed by atoms with Crippen molar-refractivity contribution in [3.63, 3.8) is 0 Å². The van der Waals surface area contributed by atoms with Crippen LogP contribution in [0.1, 0.15) is 31.8 Å². The van der Waals surface area contributed by atoms with Gasteiger partial charge in [-0.05, 0) is 117 Å². The summed E-state index contributed by atoms with van der Waals surface area (Å²) in [6.45, 7) is 4.36. The van der Waals surface area contributed by atoms with Gasteiger partial charge in [-0.3, -0.25) is 0 Å². The number of benzene rings is 8. The zero-order chi connectivity index (χ0) is 40.5. The summed E-state index contributed by atoms with van der Waals surface area (Å²) in [5.74, 6) is -0.273. The lowest BCUT2D eigenvalue weighted by molar-refractivity contribution is 0.629. The van der Waals surface area contributed by atoms with Gasteiger partial charge < -0.3 is 9.13 Å². The number of halogens is 1. The second-order valence-corrected chi connectivity index (χ2v) is 14.7. The van der Waals surface area contributed by atoms with Gasteiger partial charge in [0.05, 0.1) is 28.9 Å². The van der Waals surface area contributed by atoms with Crippen LogP contribution in [-0.2, 0) is 5.41 Å². The quantitative estimate of drug-likeness (QED) is 0.173. The highest BCUT2D eigenvalue weighted by Crippen LogP contribution is 2.53. The van der Waals surface area contributed by atoms with Gasteiger partial charge in [0.1, 0.15) is 5.82 Å². The van der Waals surface area contributed by atoms with Crippen LogP contribution in [0.3, 0.4) is 0 Å². The van der Waals surface area contributed by atoms with Gasteiger partial charge in [0, 0.05) is 38.3 Å². The molecule has 1 aliphatic rings. The number of rotatable bonds is 4. The SMILES string of the molecule is [2H]c1c([2H])c([2H])c(-c2cccc3c2-c2cc(-n4c5ccccc5c5cc(-c6ccc7c(c6)c6ccc(F)cc6n7-c6ccccc6)ccc54)ccc2C3(C)C)c([2H])c1[2H]. The molecule has 0 atom stereocenters. The van der Waals surface area contributed by atoms with Crippen molar-refractivity contribution in [2.24, 2.45) is 0 Å². The number of para-hydroxylation sites is 2. The summed E-state index contributed by atoms with van der Waals surface area (Å²) < 4.78 is 61.9. The zero-order valence-corrected chi connectivity index (χ0v) is 29.6. The predicted molar refractivity (Wildman–Crippen MR) is 224 cm³/mol. The fourth-order valence-electron chi connectivity index (χ4n) is 8.98. The molecule has 8 aromatic carbocycles. The van der Waals surface area contributed by atoms with Gasteiger partial charge in [-0.25, -0.2) is 4.39 Å². The molecule has 0 spiro atoms.